The van der Waals surface area contributed by atoms with Crippen LogP contribution in [0.1, 0.15) is 0 Å². The molecule has 2 amide bonds. The number of methoxy groups -OCH3 is 2. The van der Waals surface area contributed by atoms with Gasteiger partial charge in [0, 0.05) is 17.8 Å². The van der Waals surface area contributed by atoms with Gasteiger partial charge in [-0.3, -0.25) is 9.59 Å². The quantitative estimate of drug-likeness (QED) is 0.829. The summed E-state index contributed by atoms with van der Waals surface area (Å²) in [6.45, 7) is 0. The zero-order valence-corrected chi connectivity index (χ0v) is 13.6. The van der Waals surface area contributed by atoms with Crippen LogP contribution >= 0.6 is 11.6 Å². The number of benzene rings is 2. The number of hydrogen-bond donors (Lipinski definition) is 2. The summed E-state index contributed by atoms with van der Waals surface area (Å²) in [6, 6.07) is 8.06. The molecule has 126 valence electrons. The van der Waals surface area contributed by atoms with Crippen molar-refractivity contribution in [1.29, 1.82) is 0 Å². The van der Waals surface area contributed by atoms with Crippen molar-refractivity contribution in [3.8, 4) is 11.5 Å². The van der Waals surface area contributed by atoms with E-state index in [9.17, 15) is 14.0 Å². The third-order valence-electron chi connectivity index (χ3n) is 3.01. The summed E-state index contributed by atoms with van der Waals surface area (Å²) in [4.78, 5) is 23.9. The standard InChI is InChI=1S/C16H14ClFN2O4/c1-23-13-8-12(14(24-2)7-11(13)17)20-16(22)15(21)19-10-5-3-4-9(18)6-10/h3-8H,1-2H3,(H,19,21)(H,20,22). The van der Waals surface area contributed by atoms with Crippen LogP contribution in [0.5, 0.6) is 11.5 Å². The lowest BCUT2D eigenvalue weighted by atomic mass is 10.2. The van der Waals surface area contributed by atoms with Crippen LogP contribution in [0.3, 0.4) is 0 Å². The molecular formula is C16H14ClFN2O4. The molecule has 0 bridgehead atoms. The highest BCUT2D eigenvalue weighted by Gasteiger charge is 2.18. The van der Waals surface area contributed by atoms with Crippen molar-refractivity contribution in [3.05, 3.63) is 47.2 Å². The average molecular weight is 353 g/mol. The molecule has 2 aromatic carbocycles. The summed E-state index contributed by atoms with van der Waals surface area (Å²) in [5.41, 5.74) is 0.369. The third-order valence-corrected chi connectivity index (χ3v) is 3.31. The number of nitrogens with one attached hydrogen (secondary N) is 2. The van der Waals surface area contributed by atoms with Gasteiger partial charge in [-0.15, -0.1) is 0 Å². The summed E-state index contributed by atoms with van der Waals surface area (Å²) < 4.78 is 23.2. The van der Waals surface area contributed by atoms with E-state index in [2.05, 4.69) is 10.6 Å². The van der Waals surface area contributed by atoms with Crippen molar-refractivity contribution in [1.82, 2.24) is 0 Å². The van der Waals surface area contributed by atoms with E-state index in [-0.39, 0.29) is 22.1 Å². The molecule has 0 aliphatic rings. The molecule has 0 spiro atoms. The van der Waals surface area contributed by atoms with Gasteiger partial charge in [-0.25, -0.2) is 4.39 Å². The molecule has 0 aromatic heterocycles. The van der Waals surface area contributed by atoms with Crippen molar-refractivity contribution in [2.24, 2.45) is 0 Å². The van der Waals surface area contributed by atoms with Crippen LogP contribution in [0.15, 0.2) is 36.4 Å². The predicted octanol–water partition coefficient (Wildman–Crippen LogP) is 3.07. The van der Waals surface area contributed by atoms with Crippen molar-refractivity contribution < 1.29 is 23.5 Å². The zero-order valence-electron chi connectivity index (χ0n) is 12.9. The van der Waals surface area contributed by atoms with E-state index in [1.165, 1.54) is 44.6 Å². The van der Waals surface area contributed by atoms with Gasteiger partial charge in [0.05, 0.1) is 24.9 Å². The SMILES string of the molecule is COc1cc(NC(=O)C(=O)Nc2cccc(F)c2)c(OC)cc1Cl. The highest BCUT2D eigenvalue weighted by molar-refractivity contribution is 6.44. The molecule has 0 aliphatic heterocycles. The van der Waals surface area contributed by atoms with E-state index in [1.54, 1.807) is 0 Å². The lowest BCUT2D eigenvalue weighted by Crippen LogP contribution is -2.29. The molecule has 2 N–H and O–H groups in total. The first-order valence-corrected chi connectivity index (χ1v) is 7.11. The Morgan fingerprint density at radius 2 is 1.67 bits per heavy atom. The van der Waals surface area contributed by atoms with Crippen LogP contribution < -0.4 is 20.1 Å². The van der Waals surface area contributed by atoms with Gasteiger partial charge in [0.2, 0.25) is 0 Å². The van der Waals surface area contributed by atoms with Gasteiger partial charge in [0.15, 0.2) is 0 Å². The molecular weight excluding hydrogens is 339 g/mol. The average Bonchev–Trinajstić information content (AvgIpc) is 2.55. The van der Waals surface area contributed by atoms with Gasteiger partial charge in [-0.1, -0.05) is 17.7 Å². The molecule has 0 atom stereocenters. The Kier molecular flexibility index (Phi) is 5.59. The highest BCUT2D eigenvalue weighted by Crippen LogP contribution is 2.35. The Balaban J connectivity index is 2.15. The lowest BCUT2D eigenvalue weighted by Gasteiger charge is -2.13. The molecule has 0 radical (unpaired) electrons. The normalized spacial score (nSPS) is 10.0. The first-order valence-electron chi connectivity index (χ1n) is 6.74. The summed E-state index contributed by atoms with van der Waals surface area (Å²) in [6.07, 6.45) is 0. The number of hydrogen-bond acceptors (Lipinski definition) is 4. The number of carbonyl (C=O) groups excluding carboxylic acids is 2. The Bertz CT molecular complexity index is 783. The molecule has 0 heterocycles. The van der Waals surface area contributed by atoms with Crippen molar-refractivity contribution in [2.45, 2.75) is 0 Å². The fourth-order valence-electron chi connectivity index (χ4n) is 1.89. The molecule has 2 aromatic rings. The Morgan fingerprint density at radius 3 is 2.29 bits per heavy atom. The zero-order chi connectivity index (χ0) is 17.7. The molecule has 8 heteroatoms. The molecule has 0 unspecified atom stereocenters. The smallest absolute Gasteiger partial charge is 0.314 e. The molecule has 0 aliphatic carbocycles. The maximum absolute atomic E-state index is 13.1. The summed E-state index contributed by atoms with van der Waals surface area (Å²) in [7, 11) is 2.80. The van der Waals surface area contributed by atoms with Crippen LogP contribution in [0, 0.1) is 5.82 Å². The minimum Gasteiger partial charge on any atom is -0.495 e. The maximum atomic E-state index is 13.1. The van der Waals surface area contributed by atoms with Gasteiger partial charge >= 0.3 is 11.8 Å². The number of amides is 2. The van der Waals surface area contributed by atoms with Gasteiger partial charge in [-0.2, -0.15) is 0 Å². The first-order chi connectivity index (χ1) is 11.4. The second-order valence-electron chi connectivity index (χ2n) is 4.61. The van der Waals surface area contributed by atoms with Gasteiger partial charge in [0.1, 0.15) is 17.3 Å². The fraction of sp³-hybridized carbons (Fsp3) is 0.125. The molecule has 6 nitrogen and oxygen atoms in total. The predicted molar refractivity (Wildman–Crippen MR) is 88.2 cm³/mol. The first kappa shape index (κ1) is 17.6. The minimum atomic E-state index is -0.962. The second-order valence-corrected chi connectivity index (χ2v) is 5.01. The molecule has 0 saturated heterocycles. The fourth-order valence-corrected chi connectivity index (χ4v) is 2.12. The number of rotatable bonds is 4. The minimum absolute atomic E-state index is 0.163. The summed E-state index contributed by atoms with van der Waals surface area (Å²) in [5.74, 6) is -1.89. The van der Waals surface area contributed by atoms with Gasteiger partial charge < -0.3 is 20.1 Å². The van der Waals surface area contributed by atoms with E-state index >= 15 is 0 Å². The Hall–Kier alpha value is -2.80. The van der Waals surface area contributed by atoms with E-state index in [1.807, 2.05) is 0 Å². The molecule has 24 heavy (non-hydrogen) atoms. The van der Waals surface area contributed by atoms with E-state index < -0.39 is 17.6 Å². The summed E-state index contributed by atoms with van der Waals surface area (Å²) >= 11 is 5.97. The van der Waals surface area contributed by atoms with Crippen molar-refractivity contribution >= 4 is 34.8 Å². The Labute approximate surface area is 142 Å². The van der Waals surface area contributed by atoms with Crippen molar-refractivity contribution in [3.63, 3.8) is 0 Å². The largest absolute Gasteiger partial charge is 0.495 e. The van der Waals surface area contributed by atoms with Gasteiger partial charge in [0.25, 0.3) is 0 Å². The lowest BCUT2D eigenvalue weighted by molar-refractivity contribution is -0.133. The number of ether oxygens (including phenoxy) is 2. The van der Waals surface area contributed by atoms with Crippen LogP contribution in [-0.4, -0.2) is 26.0 Å². The number of anilines is 2. The van der Waals surface area contributed by atoms with E-state index in [0.717, 1.165) is 6.07 Å². The van der Waals surface area contributed by atoms with E-state index in [0.29, 0.717) is 5.75 Å². The number of halogens is 2. The molecule has 0 fully saturated rings. The van der Waals surface area contributed by atoms with Crippen LogP contribution in [0.2, 0.25) is 5.02 Å². The maximum Gasteiger partial charge on any atom is 0.314 e. The van der Waals surface area contributed by atoms with Crippen LogP contribution in [0.4, 0.5) is 15.8 Å². The summed E-state index contributed by atoms with van der Waals surface area (Å²) in [5, 5.41) is 4.97. The van der Waals surface area contributed by atoms with Crippen LogP contribution in [0.25, 0.3) is 0 Å². The molecule has 0 saturated carbocycles. The van der Waals surface area contributed by atoms with E-state index in [4.69, 9.17) is 21.1 Å². The third kappa shape index (κ3) is 4.14. The highest BCUT2D eigenvalue weighted by atomic mass is 35.5. The second kappa shape index (κ2) is 7.65. The van der Waals surface area contributed by atoms with Crippen molar-refractivity contribution in [2.75, 3.05) is 24.9 Å². The molecule has 2 rings (SSSR count). The monoisotopic (exact) mass is 352 g/mol. The van der Waals surface area contributed by atoms with Gasteiger partial charge in [-0.05, 0) is 18.2 Å². The van der Waals surface area contributed by atoms with Crippen LogP contribution in [-0.2, 0) is 9.59 Å². The Morgan fingerprint density at radius 1 is 1.00 bits per heavy atom. The number of carbonyl (C=O) groups is 2. The topological polar surface area (TPSA) is 76.7 Å².